The molecule has 1 fully saturated rings. The van der Waals surface area contributed by atoms with Crippen LogP contribution < -0.4 is 4.74 Å². The van der Waals surface area contributed by atoms with E-state index < -0.39 is 0 Å². The van der Waals surface area contributed by atoms with E-state index in [4.69, 9.17) is 9.15 Å². The fourth-order valence-electron chi connectivity index (χ4n) is 3.26. The van der Waals surface area contributed by atoms with Crippen LogP contribution in [0.25, 0.3) is 5.69 Å². The van der Waals surface area contributed by atoms with Crippen LogP contribution in [0.4, 0.5) is 0 Å². The molecule has 1 aromatic carbocycles. The largest absolute Gasteiger partial charge is 0.492 e. The van der Waals surface area contributed by atoms with E-state index in [0.717, 1.165) is 0 Å². The Labute approximate surface area is 183 Å². The average molecular weight is 443 g/mol. The molecule has 10 nitrogen and oxygen atoms in total. The molecule has 0 radical (unpaired) electrons. The highest BCUT2D eigenvalue weighted by Gasteiger charge is 2.26. The maximum absolute atomic E-state index is 12.7. The maximum Gasteiger partial charge on any atom is 0.289 e. The number of hydrogen-bond donors (Lipinski definition) is 0. The lowest BCUT2D eigenvalue weighted by atomic mass is 10.3. The Morgan fingerprint density at radius 1 is 1.10 bits per heavy atom. The van der Waals surface area contributed by atoms with Crippen LogP contribution in [0, 0.1) is 0 Å². The lowest BCUT2D eigenvalue weighted by Gasteiger charge is -2.34. The minimum Gasteiger partial charge on any atom is -0.492 e. The summed E-state index contributed by atoms with van der Waals surface area (Å²) in [4.78, 5) is 28.5. The van der Waals surface area contributed by atoms with Gasteiger partial charge in [0.2, 0.25) is 11.1 Å². The Morgan fingerprint density at radius 2 is 1.87 bits per heavy atom. The molecule has 0 spiro atoms. The number of carbonyl (C=O) groups excluding carboxylic acids is 2. The summed E-state index contributed by atoms with van der Waals surface area (Å²) in [6, 6.07) is 10.8. The first-order valence-corrected chi connectivity index (χ1v) is 10.9. The number of rotatable bonds is 7. The monoisotopic (exact) mass is 442 g/mol. The van der Waals surface area contributed by atoms with E-state index in [2.05, 4.69) is 15.5 Å². The first-order valence-electron chi connectivity index (χ1n) is 9.91. The summed E-state index contributed by atoms with van der Waals surface area (Å²) in [6.45, 7) is 4.32. The maximum atomic E-state index is 12.7. The average Bonchev–Trinajstić information content (AvgIpc) is 3.50. The number of piperazine rings is 1. The number of ether oxygens (including phenoxy) is 1. The summed E-state index contributed by atoms with van der Waals surface area (Å²) in [5.74, 6) is 1.00. The van der Waals surface area contributed by atoms with E-state index in [1.54, 1.807) is 26.6 Å². The number of tetrazole rings is 1. The molecule has 3 heterocycles. The van der Waals surface area contributed by atoms with Crippen molar-refractivity contribution in [3.05, 3.63) is 48.4 Å². The second kappa shape index (κ2) is 9.65. The van der Waals surface area contributed by atoms with Gasteiger partial charge in [-0.1, -0.05) is 23.9 Å². The van der Waals surface area contributed by atoms with Gasteiger partial charge in [0.1, 0.15) is 11.4 Å². The molecule has 0 saturated carbocycles. The third kappa shape index (κ3) is 4.71. The third-order valence-electron chi connectivity index (χ3n) is 4.81. The van der Waals surface area contributed by atoms with Crippen LogP contribution in [0.1, 0.15) is 17.5 Å². The van der Waals surface area contributed by atoms with Crippen molar-refractivity contribution in [2.24, 2.45) is 0 Å². The number of furan rings is 1. The van der Waals surface area contributed by atoms with Crippen LogP contribution in [0.2, 0.25) is 0 Å². The lowest BCUT2D eigenvalue weighted by Crippen LogP contribution is -2.51. The summed E-state index contributed by atoms with van der Waals surface area (Å²) >= 11 is 1.27. The Hall–Kier alpha value is -3.34. The fraction of sp³-hybridized carbons (Fsp3) is 0.350. The van der Waals surface area contributed by atoms with Crippen molar-refractivity contribution in [2.45, 2.75) is 12.1 Å². The summed E-state index contributed by atoms with van der Waals surface area (Å²) in [5.41, 5.74) is 0.717. The van der Waals surface area contributed by atoms with E-state index in [0.29, 0.717) is 55.1 Å². The van der Waals surface area contributed by atoms with Crippen molar-refractivity contribution in [1.82, 2.24) is 30.0 Å². The second-order valence-corrected chi connectivity index (χ2v) is 7.66. The number of carbonyl (C=O) groups is 2. The highest BCUT2D eigenvalue weighted by atomic mass is 32.2. The SMILES string of the molecule is CCOc1ccccc1-n1nnnc1SCC(=O)N1CCN(C(=O)c2ccco2)CC1. The normalized spacial score (nSPS) is 14.0. The molecule has 2 amide bonds. The summed E-state index contributed by atoms with van der Waals surface area (Å²) in [7, 11) is 0. The van der Waals surface area contributed by atoms with Crippen molar-refractivity contribution in [1.29, 1.82) is 0 Å². The topological polar surface area (TPSA) is 107 Å². The van der Waals surface area contributed by atoms with Crippen LogP contribution in [0.3, 0.4) is 0 Å². The smallest absolute Gasteiger partial charge is 0.289 e. The van der Waals surface area contributed by atoms with Gasteiger partial charge in [0, 0.05) is 26.2 Å². The minimum absolute atomic E-state index is 0.0252. The Balaban J connectivity index is 1.34. The predicted octanol–water partition coefficient (Wildman–Crippen LogP) is 1.73. The molecule has 2 aromatic heterocycles. The van der Waals surface area contributed by atoms with Gasteiger partial charge in [0.15, 0.2) is 5.76 Å². The molecule has 0 N–H and O–H groups in total. The first kappa shape index (κ1) is 20.9. The standard InChI is InChI=1S/C20H22N6O4S/c1-2-29-16-7-4-3-6-15(16)26-20(21-22-23-26)31-14-18(27)24-9-11-25(12-10-24)19(28)17-8-5-13-30-17/h3-8,13H,2,9-12,14H2,1H3. The Kier molecular flexibility index (Phi) is 6.51. The molecule has 11 heteroatoms. The molecule has 31 heavy (non-hydrogen) atoms. The van der Waals surface area contributed by atoms with Gasteiger partial charge >= 0.3 is 0 Å². The number of aromatic nitrogens is 4. The zero-order valence-electron chi connectivity index (χ0n) is 17.0. The highest BCUT2D eigenvalue weighted by Crippen LogP contribution is 2.26. The Morgan fingerprint density at radius 3 is 2.61 bits per heavy atom. The number of nitrogens with zero attached hydrogens (tertiary/aromatic N) is 6. The predicted molar refractivity (Wildman–Crippen MR) is 112 cm³/mol. The molecule has 1 aliphatic rings. The van der Waals surface area contributed by atoms with Crippen molar-refractivity contribution >= 4 is 23.6 Å². The van der Waals surface area contributed by atoms with E-state index in [-0.39, 0.29) is 17.6 Å². The minimum atomic E-state index is -0.154. The first-order chi connectivity index (χ1) is 15.2. The van der Waals surface area contributed by atoms with Gasteiger partial charge in [0.05, 0.1) is 18.6 Å². The van der Waals surface area contributed by atoms with Crippen LogP contribution in [-0.2, 0) is 4.79 Å². The number of hydrogen-bond acceptors (Lipinski definition) is 8. The molecular weight excluding hydrogens is 420 g/mol. The van der Waals surface area contributed by atoms with Crippen LogP contribution >= 0.6 is 11.8 Å². The van der Waals surface area contributed by atoms with Gasteiger partial charge < -0.3 is 19.0 Å². The zero-order valence-corrected chi connectivity index (χ0v) is 17.8. The quantitative estimate of drug-likeness (QED) is 0.509. The summed E-state index contributed by atoms with van der Waals surface area (Å²) in [5, 5.41) is 12.4. The van der Waals surface area contributed by atoms with Gasteiger partial charge in [0.25, 0.3) is 5.91 Å². The molecule has 0 bridgehead atoms. The Bertz CT molecular complexity index is 1030. The molecule has 1 saturated heterocycles. The van der Waals surface area contributed by atoms with Gasteiger partial charge in [-0.15, -0.1) is 5.10 Å². The van der Waals surface area contributed by atoms with Crippen LogP contribution in [0.15, 0.2) is 52.2 Å². The molecule has 162 valence electrons. The highest BCUT2D eigenvalue weighted by molar-refractivity contribution is 7.99. The van der Waals surface area contributed by atoms with Crippen molar-refractivity contribution in [3.63, 3.8) is 0 Å². The van der Waals surface area contributed by atoms with E-state index >= 15 is 0 Å². The van der Waals surface area contributed by atoms with Gasteiger partial charge in [-0.05, 0) is 41.6 Å². The number of amides is 2. The number of benzene rings is 1. The molecule has 1 aliphatic heterocycles. The second-order valence-electron chi connectivity index (χ2n) is 6.71. The summed E-state index contributed by atoms with van der Waals surface area (Å²) < 4.78 is 12.4. The molecule has 0 atom stereocenters. The van der Waals surface area contributed by atoms with E-state index in [1.807, 2.05) is 31.2 Å². The van der Waals surface area contributed by atoms with Gasteiger partial charge in [-0.25, -0.2) is 0 Å². The van der Waals surface area contributed by atoms with Gasteiger partial charge in [-0.3, -0.25) is 9.59 Å². The van der Waals surface area contributed by atoms with E-state index in [9.17, 15) is 9.59 Å². The third-order valence-corrected chi connectivity index (χ3v) is 5.71. The molecule has 3 aromatic rings. The number of thioether (sulfide) groups is 1. The zero-order chi connectivity index (χ0) is 21.6. The molecule has 0 aliphatic carbocycles. The van der Waals surface area contributed by atoms with Crippen molar-refractivity contribution < 1.29 is 18.7 Å². The lowest BCUT2D eigenvalue weighted by molar-refractivity contribution is -0.129. The van der Waals surface area contributed by atoms with Crippen LogP contribution in [-0.4, -0.2) is 80.4 Å². The fourth-order valence-corrected chi connectivity index (χ4v) is 4.05. The van der Waals surface area contributed by atoms with Crippen molar-refractivity contribution in [2.75, 3.05) is 38.5 Å². The van der Waals surface area contributed by atoms with Crippen LogP contribution in [0.5, 0.6) is 5.75 Å². The van der Waals surface area contributed by atoms with Crippen molar-refractivity contribution in [3.8, 4) is 11.4 Å². The van der Waals surface area contributed by atoms with Gasteiger partial charge in [-0.2, -0.15) is 4.68 Å². The van der Waals surface area contributed by atoms with E-state index in [1.165, 1.54) is 18.0 Å². The molecular formula is C20H22N6O4S. The molecule has 0 unspecified atom stereocenters. The summed E-state index contributed by atoms with van der Waals surface area (Å²) in [6.07, 6.45) is 1.48. The number of para-hydroxylation sites is 2. The molecule has 4 rings (SSSR count).